The zero-order chi connectivity index (χ0) is 8.97. The minimum Gasteiger partial charge on any atom is -0.324 e. The van der Waals surface area contributed by atoms with Gasteiger partial charge in [-0.25, -0.2) is 0 Å². The Morgan fingerprint density at radius 3 is 2.75 bits per heavy atom. The quantitative estimate of drug-likeness (QED) is 0.414. The van der Waals surface area contributed by atoms with Crippen molar-refractivity contribution in [2.75, 3.05) is 5.43 Å². The number of hydrogen-bond acceptors (Lipinski definition) is 3. The van der Waals surface area contributed by atoms with Gasteiger partial charge in [0.1, 0.15) is 0 Å². The molecule has 1 rings (SSSR count). The molecular formula is C8H8ClN3. The summed E-state index contributed by atoms with van der Waals surface area (Å²) < 4.78 is 0. The van der Waals surface area contributed by atoms with E-state index in [0.717, 1.165) is 5.56 Å². The molecule has 0 unspecified atom stereocenters. The number of nitriles is 1. The van der Waals surface area contributed by atoms with Crippen LogP contribution in [0.5, 0.6) is 0 Å². The Balaban J connectivity index is 3.12. The molecule has 62 valence electrons. The Bertz CT molecular complexity index is 294. The average molecular weight is 182 g/mol. The smallest absolute Gasteiger partial charge is 0.0992 e. The highest BCUT2D eigenvalue weighted by Crippen LogP contribution is 2.14. The van der Waals surface area contributed by atoms with E-state index in [9.17, 15) is 0 Å². The number of halogens is 1. The monoisotopic (exact) mass is 181 g/mol. The topological polar surface area (TPSA) is 61.8 Å². The molecule has 3 N–H and O–H groups in total. The molecule has 0 spiro atoms. The summed E-state index contributed by atoms with van der Waals surface area (Å²) in [6.07, 6.45) is 0. The van der Waals surface area contributed by atoms with E-state index in [2.05, 4.69) is 5.43 Å². The number of anilines is 1. The van der Waals surface area contributed by atoms with Crippen molar-refractivity contribution in [1.29, 1.82) is 5.26 Å². The highest BCUT2D eigenvalue weighted by atomic mass is 35.5. The Morgan fingerprint density at radius 1 is 1.50 bits per heavy atom. The Morgan fingerprint density at radius 2 is 2.25 bits per heavy atom. The van der Waals surface area contributed by atoms with Crippen molar-refractivity contribution in [2.45, 2.75) is 5.88 Å². The van der Waals surface area contributed by atoms with Gasteiger partial charge in [0.05, 0.1) is 17.3 Å². The van der Waals surface area contributed by atoms with Crippen LogP contribution in [0.25, 0.3) is 0 Å². The Kier molecular flexibility index (Phi) is 2.92. The molecular weight excluding hydrogens is 174 g/mol. The Hall–Kier alpha value is -1.24. The summed E-state index contributed by atoms with van der Waals surface area (Å²) in [5.74, 6) is 5.57. The van der Waals surface area contributed by atoms with E-state index >= 15 is 0 Å². The van der Waals surface area contributed by atoms with Gasteiger partial charge in [-0.2, -0.15) is 5.26 Å². The third-order valence-electron chi connectivity index (χ3n) is 1.44. The average Bonchev–Trinajstić information content (AvgIpc) is 2.16. The lowest BCUT2D eigenvalue weighted by molar-refractivity contribution is 1.31. The first kappa shape index (κ1) is 8.85. The molecule has 4 heteroatoms. The number of nitrogens with one attached hydrogen (secondary N) is 1. The molecule has 1 aromatic carbocycles. The van der Waals surface area contributed by atoms with Crippen molar-refractivity contribution in [3.05, 3.63) is 29.3 Å². The number of hydrazine groups is 1. The maximum Gasteiger partial charge on any atom is 0.0992 e. The van der Waals surface area contributed by atoms with Gasteiger partial charge >= 0.3 is 0 Å². The van der Waals surface area contributed by atoms with E-state index < -0.39 is 0 Å². The van der Waals surface area contributed by atoms with E-state index in [-0.39, 0.29) is 0 Å². The van der Waals surface area contributed by atoms with E-state index in [1.807, 2.05) is 6.07 Å². The maximum absolute atomic E-state index is 8.62. The van der Waals surface area contributed by atoms with E-state index in [1.54, 1.807) is 18.2 Å². The van der Waals surface area contributed by atoms with Crippen molar-refractivity contribution in [2.24, 2.45) is 5.84 Å². The molecule has 1 aromatic rings. The van der Waals surface area contributed by atoms with Gasteiger partial charge in [-0.05, 0) is 23.8 Å². The van der Waals surface area contributed by atoms with Gasteiger partial charge in [-0.15, -0.1) is 11.6 Å². The van der Waals surface area contributed by atoms with Crippen LogP contribution in [0, 0.1) is 11.3 Å². The van der Waals surface area contributed by atoms with Crippen LogP contribution in [0.2, 0.25) is 0 Å². The molecule has 0 heterocycles. The SMILES string of the molecule is N#Cc1cc(CCl)cc(NN)c1. The van der Waals surface area contributed by atoms with E-state index in [1.165, 1.54) is 0 Å². The van der Waals surface area contributed by atoms with Crippen LogP contribution in [0.1, 0.15) is 11.1 Å². The number of rotatable bonds is 2. The minimum atomic E-state index is 0.379. The minimum absolute atomic E-state index is 0.379. The van der Waals surface area contributed by atoms with Crippen molar-refractivity contribution in [3.63, 3.8) is 0 Å². The number of nitrogen functional groups attached to an aromatic ring is 1. The van der Waals surface area contributed by atoms with Gasteiger partial charge in [-0.1, -0.05) is 0 Å². The van der Waals surface area contributed by atoms with Crippen molar-refractivity contribution < 1.29 is 0 Å². The molecule has 0 atom stereocenters. The van der Waals surface area contributed by atoms with Crippen molar-refractivity contribution in [3.8, 4) is 6.07 Å². The summed E-state index contributed by atoms with van der Waals surface area (Å²) in [5.41, 5.74) is 4.60. The summed E-state index contributed by atoms with van der Waals surface area (Å²) in [5, 5.41) is 8.62. The second-order valence-electron chi connectivity index (χ2n) is 2.31. The molecule has 0 bridgehead atoms. The summed E-state index contributed by atoms with van der Waals surface area (Å²) in [6, 6.07) is 7.21. The highest BCUT2D eigenvalue weighted by Gasteiger charge is 1.97. The second kappa shape index (κ2) is 3.96. The van der Waals surface area contributed by atoms with Crippen molar-refractivity contribution in [1.82, 2.24) is 0 Å². The van der Waals surface area contributed by atoms with Crippen LogP contribution in [0.3, 0.4) is 0 Å². The number of nitrogens with two attached hydrogens (primary N) is 1. The fourth-order valence-corrected chi connectivity index (χ4v) is 1.07. The van der Waals surface area contributed by atoms with Gasteiger partial charge < -0.3 is 5.43 Å². The summed E-state index contributed by atoms with van der Waals surface area (Å²) >= 11 is 5.61. The standard InChI is InChI=1S/C8H8ClN3/c9-4-6-1-7(5-10)3-8(2-6)12-11/h1-3,12H,4,11H2. The second-order valence-corrected chi connectivity index (χ2v) is 2.58. The van der Waals surface area contributed by atoms with Gasteiger partial charge in [0.25, 0.3) is 0 Å². The zero-order valence-corrected chi connectivity index (χ0v) is 7.10. The largest absolute Gasteiger partial charge is 0.324 e. The Labute approximate surface area is 75.7 Å². The first-order valence-corrected chi connectivity index (χ1v) is 3.90. The van der Waals surface area contributed by atoms with Crippen LogP contribution in [-0.4, -0.2) is 0 Å². The van der Waals surface area contributed by atoms with Crippen LogP contribution < -0.4 is 11.3 Å². The maximum atomic E-state index is 8.62. The normalized spacial score (nSPS) is 9.08. The van der Waals surface area contributed by atoms with Crippen LogP contribution in [-0.2, 0) is 5.88 Å². The molecule has 0 saturated heterocycles. The first-order valence-electron chi connectivity index (χ1n) is 3.37. The number of alkyl halides is 1. The van der Waals surface area contributed by atoms with Gasteiger partial charge in [-0.3, -0.25) is 5.84 Å². The molecule has 0 saturated carbocycles. The van der Waals surface area contributed by atoms with E-state index in [0.29, 0.717) is 17.1 Å². The summed E-state index contributed by atoms with van der Waals surface area (Å²) in [7, 11) is 0. The van der Waals surface area contributed by atoms with Crippen LogP contribution in [0.4, 0.5) is 5.69 Å². The molecule has 0 aliphatic carbocycles. The zero-order valence-electron chi connectivity index (χ0n) is 6.34. The van der Waals surface area contributed by atoms with Crippen LogP contribution >= 0.6 is 11.6 Å². The third-order valence-corrected chi connectivity index (χ3v) is 1.75. The molecule has 0 radical (unpaired) electrons. The molecule has 0 aliphatic heterocycles. The third kappa shape index (κ3) is 1.88. The molecule has 3 nitrogen and oxygen atoms in total. The molecule has 0 aliphatic rings. The fourth-order valence-electron chi connectivity index (χ4n) is 0.917. The predicted molar refractivity (Wildman–Crippen MR) is 48.5 cm³/mol. The van der Waals surface area contributed by atoms with E-state index in [4.69, 9.17) is 22.7 Å². The highest BCUT2D eigenvalue weighted by molar-refractivity contribution is 6.17. The first-order chi connectivity index (χ1) is 5.80. The number of hydrogen-bond donors (Lipinski definition) is 2. The summed E-state index contributed by atoms with van der Waals surface area (Å²) in [4.78, 5) is 0. The molecule has 0 amide bonds. The molecule has 0 fully saturated rings. The van der Waals surface area contributed by atoms with Gasteiger partial charge in [0, 0.05) is 5.88 Å². The van der Waals surface area contributed by atoms with Crippen LogP contribution in [0.15, 0.2) is 18.2 Å². The van der Waals surface area contributed by atoms with Crippen molar-refractivity contribution >= 4 is 17.3 Å². The fraction of sp³-hybridized carbons (Fsp3) is 0.125. The lowest BCUT2D eigenvalue weighted by Crippen LogP contribution is -2.07. The summed E-state index contributed by atoms with van der Waals surface area (Å²) in [6.45, 7) is 0. The lowest BCUT2D eigenvalue weighted by Gasteiger charge is -2.02. The van der Waals surface area contributed by atoms with Gasteiger partial charge in [0.2, 0.25) is 0 Å². The number of nitrogens with zero attached hydrogens (tertiary/aromatic N) is 1. The van der Waals surface area contributed by atoms with Gasteiger partial charge in [0.15, 0.2) is 0 Å². The predicted octanol–water partition coefficient (Wildman–Crippen LogP) is 1.58. The molecule has 12 heavy (non-hydrogen) atoms. The molecule has 0 aromatic heterocycles. The number of benzene rings is 1. The lowest BCUT2D eigenvalue weighted by atomic mass is 10.1.